The van der Waals surface area contributed by atoms with Crippen molar-refractivity contribution in [3.8, 4) is 0 Å². The van der Waals surface area contributed by atoms with Crippen LogP contribution in [0.5, 0.6) is 0 Å². The van der Waals surface area contributed by atoms with Crippen LogP contribution in [-0.2, 0) is 11.3 Å². The van der Waals surface area contributed by atoms with Crippen molar-refractivity contribution < 1.29 is 9.53 Å². The predicted octanol–water partition coefficient (Wildman–Crippen LogP) is 2.96. The van der Waals surface area contributed by atoms with Crippen molar-refractivity contribution in [3.05, 3.63) is 64.9 Å². The minimum Gasteiger partial charge on any atom is -0.445 e. The van der Waals surface area contributed by atoms with E-state index >= 15 is 0 Å². The fraction of sp³-hybridized carbons (Fsp3) is 0.333. The first-order chi connectivity index (χ1) is 11.7. The average molecular weight is 346 g/mol. The number of hydrogen-bond acceptors (Lipinski definition) is 4. The third-order valence-electron chi connectivity index (χ3n) is 4.18. The van der Waals surface area contributed by atoms with E-state index in [2.05, 4.69) is 15.6 Å². The molecule has 1 unspecified atom stereocenters. The molecule has 5 nitrogen and oxygen atoms in total. The minimum absolute atomic E-state index is 0.234. The average Bonchev–Trinajstić information content (AvgIpc) is 3.08. The number of alkyl carbamates (subject to hydrolysis) is 1. The number of nitrogens with zero attached hydrogens (tertiary/aromatic N) is 1. The first-order valence-electron chi connectivity index (χ1n) is 8.00. The molecule has 6 heteroatoms. The highest BCUT2D eigenvalue weighted by Gasteiger charge is 2.29. The Balaban J connectivity index is 1.49. The van der Waals surface area contributed by atoms with Crippen LogP contribution in [0.1, 0.15) is 17.2 Å². The van der Waals surface area contributed by atoms with Crippen molar-refractivity contribution in [1.82, 2.24) is 15.6 Å². The van der Waals surface area contributed by atoms with Gasteiger partial charge in [-0.05, 0) is 23.6 Å². The Morgan fingerprint density at radius 3 is 2.83 bits per heavy atom. The molecule has 1 aromatic carbocycles. The number of carbonyl (C=O) groups excluding carboxylic acids is 1. The second-order valence-electron chi connectivity index (χ2n) is 5.85. The maximum atomic E-state index is 11.9. The van der Waals surface area contributed by atoms with Crippen molar-refractivity contribution in [1.29, 1.82) is 0 Å². The summed E-state index contributed by atoms with van der Waals surface area (Å²) in [6.07, 6.45) is -0.399. The summed E-state index contributed by atoms with van der Waals surface area (Å²) in [5.74, 6) is 0.498. The summed E-state index contributed by atoms with van der Waals surface area (Å²) >= 11 is 5.98. The van der Waals surface area contributed by atoms with Gasteiger partial charge < -0.3 is 15.4 Å². The normalized spacial score (nSPS) is 19.9. The molecule has 1 aromatic heterocycles. The molecule has 2 heterocycles. The molecule has 1 aliphatic heterocycles. The number of carbonyl (C=O) groups is 1. The first-order valence-corrected chi connectivity index (χ1v) is 8.38. The molecular weight excluding hydrogens is 326 g/mol. The Morgan fingerprint density at radius 1 is 1.21 bits per heavy atom. The van der Waals surface area contributed by atoms with Crippen LogP contribution in [0, 0.1) is 5.92 Å². The number of ether oxygens (including phenoxy) is 1. The van der Waals surface area contributed by atoms with Gasteiger partial charge in [0.25, 0.3) is 0 Å². The van der Waals surface area contributed by atoms with Gasteiger partial charge >= 0.3 is 6.09 Å². The molecule has 1 fully saturated rings. The SMILES string of the molecule is O=C(NC[C@@H]1CNCC1c1cccc(Cl)n1)OCc1ccccc1. The van der Waals surface area contributed by atoms with Gasteiger partial charge in [0, 0.05) is 31.2 Å². The van der Waals surface area contributed by atoms with Crippen LogP contribution in [0.25, 0.3) is 0 Å². The number of benzene rings is 1. The molecule has 24 heavy (non-hydrogen) atoms. The highest BCUT2D eigenvalue weighted by atomic mass is 35.5. The molecule has 126 valence electrons. The summed E-state index contributed by atoms with van der Waals surface area (Å²) in [6.45, 7) is 2.48. The Hall–Kier alpha value is -2.11. The summed E-state index contributed by atoms with van der Waals surface area (Å²) < 4.78 is 5.24. The van der Waals surface area contributed by atoms with E-state index in [9.17, 15) is 4.79 Å². The van der Waals surface area contributed by atoms with E-state index in [4.69, 9.17) is 16.3 Å². The number of amides is 1. The fourth-order valence-corrected chi connectivity index (χ4v) is 3.08. The van der Waals surface area contributed by atoms with Crippen LogP contribution < -0.4 is 10.6 Å². The van der Waals surface area contributed by atoms with Gasteiger partial charge in [0.2, 0.25) is 0 Å². The quantitative estimate of drug-likeness (QED) is 0.818. The van der Waals surface area contributed by atoms with Crippen LogP contribution in [0.2, 0.25) is 5.15 Å². The van der Waals surface area contributed by atoms with Crippen molar-refractivity contribution in [2.45, 2.75) is 12.5 Å². The highest BCUT2D eigenvalue weighted by molar-refractivity contribution is 6.29. The Bertz CT molecular complexity index is 681. The number of nitrogens with one attached hydrogen (secondary N) is 2. The summed E-state index contributed by atoms with van der Waals surface area (Å²) in [5.41, 5.74) is 1.92. The van der Waals surface area contributed by atoms with Crippen LogP contribution in [-0.4, -0.2) is 30.7 Å². The van der Waals surface area contributed by atoms with E-state index in [1.165, 1.54) is 0 Å². The van der Waals surface area contributed by atoms with Gasteiger partial charge in [0.05, 0.1) is 0 Å². The molecule has 0 aliphatic carbocycles. The smallest absolute Gasteiger partial charge is 0.407 e. The fourth-order valence-electron chi connectivity index (χ4n) is 2.91. The van der Waals surface area contributed by atoms with E-state index in [-0.39, 0.29) is 18.4 Å². The lowest BCUT2D eigenvalue weighted by molar-refractivity contribution is 0.138. The lowest BCUT2D eigenvalue weighted by Crippen LogP contribution is -2.32. The van der Waals surface area contributed by atoms with Gasteiger partial charge in [0.1, 0.15) is 11.8 Å². The molecule has 2 atom stereocenters. The zero-order valence-electron chi connectivity index (χ0n) is 13.2. The molecule has 2 N–H and O–H groups in total. The molecule has 0 radical (unpaired) electrons. The van der Waals surface area contributed by atoms with E-state index < -0.39 is 6.09 Å². The molecule has 1 saturated heterocycles. The van der Waals surface area contributed by atoms with Gasteiger partial charge in [-0.2, -0.15) is 0 Å². The summed E-state index contributed by atoms with van der Waals surface area (Å²) in [7, 11) is 0. The number of halogens is 1. The van der Waals surface area contributed by atoms with Crippen molar-refractivity contribution >= 4 is 17.7 Å². The number of pyridine rings is 1. The van der Waals surface area contributed by atoms with Crippen LogP contribution >= 0.6 is 11.6 Å². The molecule has 2 aromatic rings. The van der Waals surface area contributed by atoms with Gasteiger partial charge in [-0.3, -0.25) is 0 Å². The standard InChI is InChI=1S/C18H20ClN3O2/c19-17-8-4-7-16(22-17)15-11-20-9-14(15)10-21-18(23)24-12-13-5-2-1-3-6-13/h1-8,14-15,20H,9-12H2,(H,21,23)/t14-,15?/m0/s1. The second kappa shape index (κ2) is 8.13. The first kappa shape index (κ1) is 16.7. The third-order valence-corrected chi connectivity index (χ3v) is 4.39. The number of rotatable bonds is 5. The monoisotopic (exact) mass is 345 g/mol. The summed E-state index contributed by atoms with van der Waals surface area (Å²) in [6, 6.07) is 15.3. The molecule has 1 amide bonds. The molecule has 0 spiro atoms. The third kappa shape index (κ3) is 4.46. The zero-order chi connectivity index (χ0) is 16.8. The van der Waals surface area contributed by atoms with Gasteiger partial charge in [-0.15, -0.1) is 0 Å². The number of hydrogen-bond donors (Lipinski definition) is 2. The maximum absolute atomic E-state index is 11.9. The zero-order valence-corrected chi connectivity index (χ0v) is 14.0. The Morgan fingerprint density at radius 2 is 2.04 bits per heavy atom. The van der Waals surface area contributed by atoms with Crippen molar-refractivity contribution in [3.63, 3.8) is 0 Å². The molecule has 1 aliphatic rings. The van der Waals surface area contributed by atoms with Gasteiger partial charge in [0.15, 0.2) is 0 Å². The van der Waals surface area contributed by atoms with Crippen LogP contribution in [0.4, 0.5) is 4.79 Å². The van der Waals surface area contributed by atoms with Crippen LogP contribution in [0.15, 0.2) is 48.5 Å². The molecule has 3 rings (SSSR count). The molecular formula is C18H20ClN3O2. The minimum atomic E-state index is -0.399. The van der Waals surface area contributed by atoms with Gasteiger partial charge in [-0.25, -0.2) is 9.78 Å². The van der Waals surface area contributed by atoms with Crippen molar-refractivity contribution in [2.24, 2.45) is 5.92 Å². The lowest BCUT2D eigenvalue weighted by Gasteiger charge is -2.18. The molecule has 0 saturated carbocycles. The van der Waals surface area contributed by atoms with Gasteiger partial charge in [-0.1, -0.05) is 48.0 Å². The predicted molar refractivity (Wildman–Crippen MR) is 93.0 cm³/mol. The van der Waals surface area contributed by atoms with Crippen molar-refractivity contribution in [2.75, 3.05) is 19.6 Å². The maximum Gasteiger partial charge on any atom is 0.407 e. The second-order valence-corrected chi connectivity index (χ2v) is 6.24. The summed E-state index contributed by atoms with van der Waals surface area (Å²) in [4.78, 5) is 16.3. The van der Waals surface area contributed by atoms with Crippen LogP contribution in [0.3, 0.4) is 0 Å². The molecule has 0 bridgehead atoms. The van der Waals surface area contributed by atoms with E-state index in [0.717, 1.165) is 24.3 Å². The van der Waals surface area contributed by atoms with E-state index in [1.54, 1.807) is 6.07 Å². The highest BCUT2D eigenvalue weighted by Crippen LogP contribution is 2.27. The largest absolute Gasteiger partial charge is 0.445 e. The van der Waals surface area contributed by atoms with E-state index in [1.807, 2.05) is 42.5 Å². The Kier molecular flexibility index (Phi) is 5.67. The summed E-state index contributed by atoms with van der Waals surface area (Å²) in [5, 5.41) is 6.69. The number of aromatic nitrogens is 1. The Labute approximate surface area is 146 Å². The topological polar surface area (TPSA) is 63.2 Å². The van der Waals surface area contributed by atoms with E-state index in [0.29, 0.717) is 11.7 Å². The lowest BCUT2D eigenvalue weighted by atomic mass is 9.92.